The summed E-state index contributed by atoms with van der Waals surface area (Å²) in [4.78, 5) is 23.8. The van der Waals surface area contributed by atoms with Crippen molar-refractivity contribution in [3.63, 3.8) is 0 Å². The number of aromatic nitrogens is 2. The highest BCUT2D eigenvalue weighted by Crippen LogP contribution is 2.32. The molecule has 0 unspecified atom stereocenters. The summed E-state index contributed by atoms with van der Waals surface area (Å²) in [5.74, 6) is -0.235. The molecule has 0 aliphatic heterocycles. The quantitative estimate of drug-likeness (QED) is 0.644. The number of primary amides is 1. The maximum Gasteiger partial charge on any atom is 0.217 e. The maximum atomic E-state index is 10.8. The molecule has 0 bridgehead atoms. The summed E-state index contributed by atoms with van der Waals surface area (Å²) in [7, 11) is 0. The molecule has 1 amide bonds. The van der Waals surface area contributed by atoms with E-state index in [0.717, 1.165) is 55.7 Å². The van der Waals surface area contributed by atoms with Crippen molar-refractivity contribution in [3.8, 4) is 0 Å². The Bertz CT molecular complexity index is 657. The number of hydrogen-bond donors (Lipinski definition) is 2. The number of hydrogen-bond acceptors (Lipinski definition) is 5. The fraction of sp³-hybridized carbons (Fsp3) is 0.444. The van der Waals surface area contributed by atoms with Gasteiger partial charge in [-0.3, -0.25) is 19.8 Å². The Kier molecular flexibility index (Phi) is 6.66. The Morgan fingerprint density at radius 3 is 2.88 bits per heavy atom. The Hall–Kier alpha value is -2.50. The van der Waals surface area contributed by atoms with Gasteiger partial charge in [0, 0.05) is 37.5 Å². The topological polar surface area (TPSA) is 93.3 Å². The van der Waals surface area contributed by atoms with Gasteiger partial charge in [0.1, 0.15) is 5.69 Å². The molecular weight excluding hydrogens is 302 g/mol. The third-order valence-electron chi connectivity index (χ3n) is 3.83. The lowest BCUT2D eigenvalue weighted by Crippen LogP contribution is -2.18. The van der Waals surface area contributed by atoms with Crippen molar-refractivity contribution >= 4 is 12.1 Å². The largest absolute Gasteiger partial charge is 0.388 e. The van der Waals surface area contributed by atoms with Gasteiger partial charge in [0.2, 0.25) is 5.91 Å². The van der Waals surface area contributed by atoms with Gasteiger partial charge in [-0.05, 0) is 32.6 Å². The van der Waals surface area contributed by atoms with Crippen LogP contribution < -0.4 is 11.1 Å². The van der Waals surface area contributed by atoms with Crippen molar-refractivity contribution < 1.29 is 4.79 Å². The second kappa shape index (κ2) is 8.96. The molecule has 1 fully saturated rings. The van der Waals surface area contributed by atoms with Gasteiger partial charge in [0.05, 0.1) is 17.6 Å². The number of amides is 1. The summed E-state index contributed by atoms with van der Waals surface area (Å²) < 4.78 is 0. The van der Waals surface area contributed by atoms with Gasteiger partial charge in [-0.15, -0.1) is 0 Å². The first kappa shape index (κ1) is 17.8. The zero-order valence-corrected chi connectivity index (χ0v) is 14.2. The highest BCUT2D eigenvalue weighted by Gasteiger charge is 2.17. The average Bonchev–Trinajstić information content (AvgIpc) is 3.37. The molecule has 24 heavy (non-hydrogen) atoms. The van der Waals surface area contributed by atoms with Crippen molar-refractivity contribution in [3.05, 3.63) is 47.3 Å². The van der Waals surface area contributed by atoms with Crippen molar-refractivity contribution in [2.24, 2.45) is 10.7 Å². The predicted molar refractivity (Wildman–Crippen MR) is 95.6 cm³/mol. The standard InChI is InChI=1S/C18H25N5O/c1-3-20-12-17-13(2)23-15(11-22-17)9-10-21-16(14-7-8-14)5-4-6-18(19)24/h3,11-12,21H,1,4-10H2,2H3,(H2,19,24). The molecular formula is C18H25N5O. The molecule has 0 spiro atoms. The number of carbonyl (C=O) groups excluding carboxylic acids is 1. The monoisotopic (exact) mass is 327 g/mol. The number of allylic oxidation sites excluding steroid dienone is 2. The van der Waals surface area contributed by atoms with Crippen LogP contribution in [0.4, 0.5) is 0 Å². The lowest BCUT2D eigenvalue weighted by Gasteiger charge is -2.11. The lowest BCUT2D eigenvalue weighted by molar-refractivity contribution is -0.118. The molecule has 0 aromatic carbocycles. The molecule has 1 aromatic rings. The normalized spacial score (nSPS) is 13.1. The van der Waals surface area contributed by atoms with E-state index in [1.807, 2.05) is 6.92 Å². The SMILES string of the molecule is C=CN=Cc1ncc(CCNC(CCCC(N)=O)=C2CC2)nc1C. The van der Waals surface area contributed by atoms with Gasteiger partial charge in [0.25, 0.3) is 0 Å². The fourth-order valence-corrected chi connectivity index (χ4v) is 2.44. The van der Waals surface area contributed by atoms with Crippen LogP contribution in [0.15, 0.2) is 35.2 Å². The first-order chi connectivity index (χ1) is 11.6. The summed E-state index contributed by atoms with van der Waals surface area (Å²) >= 11 is 0. The Morgan fingerprint density at radius 1 is 1.46 bits per heavy atom. The van der Waals surface area contributed by atoms with Gasteiger partial charge in [0.15, 0.2) is 0 Å². The van der Waals surface area contributed by atoms with E-state index in [1.165, 1.54) is 17.5 Å². The molecule has 0 atom stereocenters. The number of nitrogens with two attached hydrogens (primary N) is 1. The first-order valence-electron chi connectivity index (χ1n) is 8.30. The Balaban J connectivity index is 1.83. The van der Waals surface area contributed by atoms with Gasteiger partial charge in [-0.1, -0.05) is 12.2 Å². The second-order valence-electron chi connectivity index (χ2n) is 5.87. The minimum atomic E-state index is -0.235. The number of nitrogens with zero attached hydrogens (tertiary/aromatic N) is 3. The van der Waals surface area contributed by atoms with Crippen LogP contribution in [0.3, 0.4) is 0 Å². The molecule has 1 aliphatic carbocycles. The number of carbonyl (C=O) groups is 1. The van der Waals surface area contributed by atoms with Crippen LogP contribution in [0.2, 0.25) is 0 Å². The Morgan fingerprint density at radius 2 is 2.25 bits per heavy atom. The van der Waals surface area contributed by atoms with Crippen molar-refractivity contribution in [1.29, 1.82) is 0 Å². The van der Waals surface area contributed by atoms with E-state index in [4.69, 9.17) is 5.73 Å². The molecule has 6 heteroatoms. The molecule has 1 aliphatic rings. The molecule has 1 saturated carbocycles. The van der Waals surface area contributed by atoms with Crippen LogP contribution in [0.1, 0.15) is 49.2 Å². The molecule has 6 nitrogen and oxygen atoms in total. The third-order valence-corrected chi connectivity index (χ3v) is 3.83. The third kappa shape index (κ3) is 5.95. The van der Waals surface area contributed by atoms with Gasteiger partial charge < -0.3 is 11.1 Å². The summed E-state index contributed by atoms with van der Waals surface area (Å²) in [6.45, 7) is 6.28. The zero-order chi connectivity index (χ0) is 17.4. The minimum Gasteiger partial charge on any atom is -0.388 e. The molecule has 3 N–H and O–H groups in total. The summed E-state index contributed by atoms with van der Waals surface area (Å²) in [5.41, 5.74) is 10.5. The first-order valence-corrected chi connectivity index (χ1v) is 8.30. The number of rotatable bonds is 10. The highest BCUT2D eigenvalue weighted by molar-refractivity contribution is 5.78. The van der Waals surface area contributed by atoms with Crippen LogP contribution in [-0.2, 0) is 11.2 Å². The van der Waals surface area contributed by atoms with E-state index in [1.54, 1.807) is 12.4 Å². The van der Waals surface area contributed by atoms with E-state index in [0.29, 0.717) is 6.42 Å². The van der Waals surface area contributed by atoms with Gasteiger partial charge in [-0.2, -0.15) is 0 Å². The summed E-state index contributed by atoms with van der Waals surface area (Å²) in [6, 6.07) is 0. The second-order valence-corrected chi connectivity index (χ2v) is 5.87. The van der Waals surface area contributed by atoms with Gasteiger partial charge >= 0.3 is 0 Å². The fourth-order valence-electron chi connectivity index (χ4n) is 2.44. The van der Waals surface area contributed by atoms with Crippen LogP contribution in [0.5, 0.6) is 0 Å². The molecule has 0 saturated heterocycles. The van der Waals surface area contributed by atoms with Crippen molar-refractivity contribution in [2.75, 3.05) is 6.54 Å². The molecule has 1 aromatic heterocycles. The van der Waals surface area contributed by atoms with Crippen LogP contribution in [0, 0.1) is 6.92 Å². The molecule has 1 heterocycles. The van der Waals surface area contributed by atoms with Crippen LogP contribution >= 0.6 is 0 Å². The van der Waals surface area contributed by atoms with E-state index >= 15 is 0 Å². The lowest BCUT2D eigenvalue weighted by atomic mass is 10.1. The van der Waals surface area contributed by atoms with E-state index < -0.39 is 0 Å². The highest BCUT2D eigenvalue weighted by atomic mass is 16.1. The summed E-state index contributed by atoms with van der Waals surface area (Å²) in [6.07, 6.45) is 10.2. The summed E-state index contributed by atoms with van der Waals surface area (Å²) in [5, 5.41) is 3.49. The maximum absolute atomic E-state index is 10.8. The van der Waals surface area contributed by atoms with Crippen LogP contribution in [0.25, 0.3) is 0 Å². The Labute approximate surface area is 143 Å². The number of aryl methyl sites for hydroxylation is 1. The molecule has 0 radical (unpaired) electrons. The smallest absolute Gasteiger partial charge is 0.217 e. The van der Waals surface area contributed by atoms with Crippen LogP contribution in [-0.4, -0.2) is 28.6 Å². The average molecular weight is 327 g/mol. The molecule has 128 valence electrons. The van der Waals surface area contributed by atoms with Crippen molar-refractivity contribution in [2.45, 2.75) is 45.4 Å². The van der Waals surface area contributed by atoms with E-state index in [9.17, 15) is 4.79 Å². The van der Waals surface area contributed by atoms with E-state index in [-0.39, 0.29) is 5.91 Å². The van der Waals surface area contributed by atoms with Gasteiger partial charge in [-0.25, -0.2) is 0 Å². The zero-order valence-electron chi connectivity index (χ0n) is 14.2. The van der Waals surface area contributed by atoms with Crippen molar-refractivity contribution in [1.82, 2.24) is 15.3 Å². The van der Waals surface area contributed by atoms with E-state index in [2.05, 4.69) is 26.9 Å². The predicted octanol–water partition coefficient (Wildman–Crippen LogP) is 2.18. The minimum absolute atomic E-state index is 0.235. The molecule has 2 rings (SSSR count). The number of nitrogens with one attached hydrogen (secondary N) is 1. The number of aliphatic imine (C=N–C) groups is 1.